The molecular weight excluding hydrogens is 340 g/mol. The van der Waals surface area contributed by atoms with E-state index in [0.717, 1.165) is 0 Å². The Balaban J connectivity index is 2.45. The van der Waals surface area contributed by atoms with E-state index in [-0.39, 0.29) is 17.9 Å². The molecule has 0 aromatic heterocycles. The Labute approximate surface area is 146 Å². The largest absolute Gasteiger partial charge is 0.459 e. The van der Waals surface area contributed by atoms with Crippen LogP contribution in [0.2, 0.25) is 0 Å². The Kier molecular flexibility index (Phi) is 5.95. The molecule has 1 saturated carbocycles. The summed E-state index contributed by atoms with van der Waals surface area (Å²) in [5.41, 5.74) is -3.06. The first-order valence-electron chi connectivity index (χ1n) is 8.00. The molecule has 0 aromatic carbocycles. The van der Waals surface area contributed by atoms with E-state index in [1.807, 2.05) is 0 Å². The maximum Gasteiger partial charge on any atom is 0.303 e. The number of halogens is 1. The van der Waals surface area contributed by atoms with Crippen molar-refractivity contribution in [3.63, 3.8) is 0 Å². The van der Waals surface area contributed by atoms with E-state index in [4.69, 9.17) is 30.5 Å². The van der Waals surface area contributed by atoms with Gasteiger partial charge in [0.05, 0.1) is 11.8 Å². The highest BCUT2D eigenvalue weighted by Crippen LogP contribution is 2.54. The third kappa shape index (κ3) is 3.09. The third-order valence-corrected chi connectivity index (χ3v) is 5.08. The maximum absolute atomic E-state index is 11.4. The van der Waals surface area contributed by atoms with Gasteiger partial charge >= 0.3 is 5.97 Å². The molecule has 24 heavy (non-hydrogen) atoms. The summed E-state index contributed by atoms with van der Waals surface area (Å²) < 4.78 is 22.0. The van der Waals surface area contributed by atoms with Gasteiger partial charge in [0.25, 0.3) is 0 Å². The van der Waals surface area contributed by atoms with E-state index < -0.39 is 41.8 Å². The fourth-order valence-electron chi connectivity index (χ4n) is 3.58. The normalized spacial score (nSPS) is 42.0. The molecule has 1 saturated heterocycles. The van der Waals surface area contributed by atoms with E-state index in [0.29, 0.717) is 13.2 Å². The van der Waals surface area contributed by atoms with Crippen molar-refractivity contribution >= 4 is 17.6 Å². The lowest BCUT2D eigenvalue weighted by Crippen LogP contribution is -2.61. The first-order chi connectivity index (χ1) is 11.2. The van der Waals surface area contributed by atoms with Gasteiger partial charge in [-0.05, 0) is 13.8 Å². The summed E-state index contributed by atoms with van der Waals surface area (Å²) >= 11 is 6.00. The van der Waals surface area contributed by atoms with Gasteiger partial charge in [-0.1, -0.05) is 6.58 Å². The maximum atomic E-state index is 11.4. The monoisotopic (exact) mass is 364 g/mol. The zero-order valence-corrected chi connectivity index (χ0v) is 14.9. The lowest BCUT2D eigenvalue weighted by molar-refractivity contribution is -0.311. The summed E-state index contributed by atoms with van der Waals surface area (Å²) in [4.78, 5) is 11.4. The summed E-state index contributed by atoms with van der Waals surface area (Å²) in [6.45, 7) is 9.30. The number of carbonyl (C=O) groups excluding carboxylic acids is 1. The van der Waals surface area contributed by atoms with Crippen molar-refractivity contribution in [1.29, 1.82) is 0 Å². The molecule has 1 aliphatic carbocycles. The molecule has 0 radical (unpaired) electrons. The van der Waals surface area contributed by atoms with E-state index >= 15 is 0 Å². The highest BCUT2D eigenvalue weighted by Gasteiger charge is 2.69. The van der Waals surface area contributed by atoms with Gasteiger partial charge in [-0.2, -0.15) is 0 Å². The molecule has 6 atom stereocenters. The van der Waals surface area contributed by atoms with Crippen LogP contribution >= 0.6 is 11.6 Å². The van der Waals surface area contributed by atoms with Crippen LogP contribution in [-0.2, 0) is 23.7 Å². The summed E-state index contributed by atoms with van der Waals surface area (Å²) in [5, 5.41) is 22.4. The molecule has 8 heteroatoms. The van der Waals surface area contributed by atoms with Crippen LogP contribution < -0.4 is 0 Å². The summed E-state index contributed by atoms with van der Waals surface area (Å²) in [7, 11) is 0. The molecule has 0 bridgehead atoms. The van der Waals surface area contributed by atoms with Crippen LogP contribution in [0.4, 0.5) is 0 Å². The second kappa shape index (κ2) is 7.27. The van der Waals surface area contributed by atoms with Gasteiger partial charge in [-0.15, -0.1) is 11.6 Å². The minimum absolute atomic E-state index is 0.0597. The van der Waals surface area contributed by atoms with E-state index in [2.05, 4.69) is 6.58 Å². The smallest absolute Gasteiger partial charge is 0.303 e. The van der Waals surface area contributed by atoms with Gasteiger partial charge in [-0.25, -0.2) is 0 Å². The number of hydrogen-bond acceptors (Lipinski definition) is 7. The molecule has 0 amide bonds. The molecule has 2 rings (SSSR count). The molecule has 0 aromatic rings. The highest BCUT2D eigenvalue weighted by molar-refractivity contribution is 6.18. The molecule has 2 N–H and O–H groups in total. The topological polar surface area (TPSA) is 94.5 Å². The number of hydrogen-bond donors (Lipinski definition) is 2. The van der Waals surface area contributed by atoms with Gasteiger partial charge in [0, 0.05) is 32.1 Å². The zero-order chi connectivity index (χ0) is 18.1. The minimum atomic E-state index is -1.72. The Hall–Kier alpha value is -0.700. The quantitative estimate of drug-likeness (QED) is 0.411. The Morgan fingerprint density at radius 3 is 2.50 bits per heavy atom. The molecule has 2 aliphatic rings. The first kappa shape index (κ1) is 19.6. The van der Waals surface area contributed by atoms with Crippen LogP contribution in [0.1, 0.15) is 27.2 Å². The number of aliphatic hydroxyl groups is 2. The number of rotatable bonds is 6. The lowest BCUT2D eigenvalue weighted by Gasteiger charge is -2.47. The van der Waals surface area contributed by atoms with E-state index in [1.165, 1.54) is 6.92 Å². The molecule has 0 spiro atoms. The van der Waals surface area contributed by atoms with Crippen molar-refractivity contribution < 1.29 is 34.0 Å². The Bertz CT molecular complexity index is 499. The average molecular weight is 365 g/mol. The molecule has 1 aliphatic heterocycles. The lowest BCUT2D eigenvalue weighted by atomic mass is 9.76. The highest BCUT2D eigenvalue weighted by atomic mass is 35.5. The Morgan fingerprint density at radius 2 is 2.00 bits per heavy atom. The predicted molar refractivity (Wildman–Crippen MR) is 85.3 cm³/mol. The number of esters is 1. The third-order valence-electron chi connectivity index (χ3n) is 4.65. The number of fused-ring (bicyclic) bond motifs is 1. The van der Waals surface area contributed by atoms with Crippen LogP contribution in [0.3, 0.4) is 0 Å². The fraction of sp³-hybridized carbons (Fsp3) is 0.812. The van der Waals surface area contributed by atoms with E-state index in [1.54, 1.807) is 13.8 Å². The molecule has 1 heterocycles. The molecule has 138 valence electrons. The van der Waals surface area contributed by atoms with Gasteiger partial charge in [0.2, 0.25) is 0 Å². The minimum Gasteiger partial charge on any atom is -0.459 e. The summed E-state index contributed by atoms with van der Waals surface area (Å²) in [5.74, 6) is -1.81. The standard InChI is InChI=1S/C16H25ClO7/c1-5-21-13-9(3)15(19)7-11(23-10(4)18)16(20,8-17)12(15)14(24-13)22-6-2/h11-14,19-20H,3,5-8H2,1-2,4H3/t11-,12-,13-,14+,15-,16+/m0/s1. The Morgan fingerprint density at radius 1 is 1.38 bits per heavy atom. The molecule has 0 unspecified atom stereocenters. The molecular formula is C16H25ClO7. The molecule has 2 fully saturated rings. The van der Waals surface area contributed by atoms with Crippen molar-refractivity contribution in [3.05, 3.63) is 12.2 Å². The van der Waals surface area contributed by atoms with Gasteiger partial charge in [0.15, 0.2) is 12.6 Å². The number of ether oxygens (including phenoxy) is 4. The molecule has 7 nitrogen and oxygen atoms in total. The zero-order valence-electron chi connectivity index (χ0n) is 14.2. The second-order valence-corrected chi connectivity index (χ2v) is 6.37. The van der Waals surface area contributed by atoms with Crippen LogP contribution in [0.25, 0.3) is 0 Å². The predicted octanol–water partition coefficient (Wildman–Crippen LogP) is 0.951. The van der Waals surface area contributed by atoms with Gasteiger partial charge in [-0.3, -0.25) is 4.79 Å². The average Bonchev–Trinajstić information content (AvgIpc) is 2.73. The van der Waals surface area contributed by atoms with Crippen LogP contribution in [-0.4, -0.2) is 65.2 Å². The van der Waals surface area contributed by atoms with Crippen LogP contribution in [0.15, 0.2) is 12.2 Å². The van der Waals surface area contributed by atoms with Crippen LogP contribution in [0, 0.1) is 5.92 Å². The van der Waals surface area contributed by atoms with Gasteiger partial charge in [0.1, 0.15) is 17.3 Å². The number of alkyl halides is 1. The first-order valence-corrected chi connectivity index (χ1v) is 8.53. The number of carbonyl (C=O) groups is 1. The summed E-state index contributed by atoms with van der Waals surface area (Å²) in [6, 6.07) is 0. The van der Waals surface area contributed by atoms with Crippen molar-refractivity contribution in [3.8, 4) is 0 Å². The fourth-order valence-corrected chi connectivity index (χ4v) is 3.92. The van der Waals surface area contributed by atoms with Gasteiger partial charge < -0.3 is 29.2 Å². The van der Waals surface area contributed by atoms with Crippen LogP contribution in [0.5, 0.6) is 0 Å². The SMILES string of the molecule is C=C1[C@@H](OCC)O[C@@H](OCC)[C@@H]2[C@@](O)(CCl)[C@@H](OC(C)=O)C[C@]12O. The second-order valence-electron chi connectivity index (χ2n) is 6.10. The van der Waals surface area contributed by atoms with E-state index in [9.17, 15) is 15.0 Å². The van der Waals surface area contributed by atoms with Crippen molar-refractivity contribution in [2.75, 3.05) is 19.1 Å². The summed E-state index contributed by atoms with van der Waals surface area (Å²) in [6.07, 6.45) is -2.93. The van der Waals surface area contributed by atoms with Crippen molar-refractivity contribution in [1.82, 2.24) is 0 Å². The van der Waals surface area contributed by atoms with Crippen molar-refractivity contribution in [2.45, 2.75) is 57.1 Å². The van der Waals surface area contributed by atoms with Crippen molar-refractivity contribution in [2.24, 2.45) is 5.92 Å².